The lowest BCUT2D eigenvalue weighted by Gasteiger charge is -2.22. The van der Waals surface area contributed by atoms with Crippen molar-refractivity contribution in [2.75, 3.05) is 18.0 Å². The first kappa shape index (κ1) is 21.5. The van der Waals surface area contributed by atoms with E-state index in [1.807, 2.05) is 48.3 Å². The van der Waals surface area contributed by atoms with E-state index in [2.05, 4.69) is 44.1 Å². The van der Waals surface area contributed by atoms with E-state index in [4.69, 9.17) is 11.6 Å². The third-order valence-corrected chi connectivity index (χ3v) is 5.13. The fourth-order valence-electron chi connectivity index (χ4n) is 2.60. The maximum absolute atomic E-state index is 6.42. The van der Waals surface area contributed by atoms with Gasteiger partial charge in [0.25, 0.3) is 0 Å². The van der Waals surface area contributed by atoms with Gasteiger partial charge in [-0.3, -0.25) is 0 Å². The number of benzene rings is 1. The summed E-state index contributed by atoms with van der Waals surface area (Å²) in [5, 5.41) is 11.6. The van der Waals surface area contributed by atoms with Gasteiger partial charge in [-0.25, -0.2) is 14.1 Å². The molecule has 9 heteroatoms. The Balaban J connectivity index is 0.00000261. The van der Waals surface area contributed by atoms with Gasteiger partial charge in [0.15, 0.2) is 0 Å². The van der Waals surface area contributed by atoms with Gasteiger partial charge in [0.1, 0.15) is 24.6 Å². The van der Waals surface area contributed by atoms with Gasteiger partial charge in [-0.2, -0.15) is 0 Å². The predicted molar refractivity (Wildman–Crippen MR) is 106 cm³/mol. The maximum Gasteiger partial charge on any atom is 0.243 e. The predicted octanol–water partition coefficient (Wildman–Crippen LogP) is 1.68. The van der Waals surface area contributed by atoms with E-state index in [0.717, 1.165) is 31.0 Å². The summed E-state index contributed by atoms with van der Waals surface area (Å²) in [5.74, 6) is 0. The number of aromatic nitrogens is 3. The zero-order valence-electron chi connectivity index (χ0n) is 15.5. The molecule has 27 heavy (non-hydrogen) atoms. The Morgan fingerprint density at radius 2 is 2.15 bits per heavy atom. The highest BCUT2D eigenvalue weighted by atomic mass is 79.9. The summed E-state index contributed by atoms with van der Waals surface area (Å²) in [5.41, 5.74) is 2.68. The normalized spacial score (nSPS) is 11.0. The highest BCUT2D eigenvalue weighted by molar-refractivity contribution is 7.13. The van der Waals surface area contributed by atoms with Crippen LogP contribution in [0, 0.1) is 6.92 Å². The van der Waals surface area contributed by atoms with Crippen LogP contribution in [0.3, 0.4) is 0 Å². The zero-order chi connectivity index (χ0) is 18.5. The minimum Gasteiger partial charge on any atom is -1.00 e. The second-order valence-corrected chi connectivity index (χ2v) is 7.25. The summed E-state index contributed by atoms with van der Waals surface area (Å²) < 4.78 is 4.21. The summed E-state index contributed by atoms with van der Waals surface area (Å²) in [6, 6.07) is 5.88. The van der Waals surface area contributed by atoms with E-state index < -0.39 is 0 Å². The van der Waals surface area contributed by atoms with Gasteiger partial charge in [0, 0.05) is 17.6 Å². The van der Waals surface area contributed by atoms with Crippen LogP contribution in [0.15, 0.2) is 52.5 Å². The van der Waals surface area contributed by atoms with Crippen molar-refractivity contribution in [2.45, 2.75) is 20.4 Å². The summed E-state index contributed by atoms with van der Waals surface area (Å²) in [6.45, 7) is 6.80. The Bertz CT molecular complexity index is 907. The number of likely N-dealkylation sites (N-methyl/N-ethyl adjacent to an activating group) is 1. The molecule has 0 fully saturated rings. The molecule has 0 N–H and O–H groups in total. The van der Waals surface area contributed by atoms with Crippen molar-refractivity contribution in [3.05, 3.63) is 53.0 Å². The van der Waals surface area contributed by atoms with Crippen molar-refractivity contribution in [1.82, 2.24) is 9.55 Å². The lowest BCUT2D eigenvalue weighted by Crippen LogP contribution is -3.00. The fourth-order valence-corrected chi connectivity index (χ4v) is 3.42. The molecule has 0 spiro atoms. The molecular weight excluding hydrogens is 448 g/mol. The van der Waals surface area contributed by atoms with Crippen LogP contribution in [0.5, 0.6) is 0 Å². The van der Waals surface area contributed by atoms with Crippen molar-refractivity contribution in [3.63, 3.8) is 0 Å². The highest BCUT2D eigenvalue weighted by Crippen LogP contribution is 2.31. The van der Waals surface area contributed by atoms with E-state index >= 15 is 0 Å². The average molecular weight is 470 g/mol. The van der Waals surface area contributed by atoms with Gasteiger partial charge in [-0.1, -0.05) is 11.6 Å². The number of imidazole rings is 1. The highest BCUT2D eigenvalue weighted by Gasteiger charge is 2.10. The number of hydrogen-bond acceptors (Lipinski definition) is 5. The molecule has 0 aliphatic carbocycles. The molecule has 0 aliphatic heterocycles. The zero-order valence-corrected chi connectivity index (χ0v) is 18.7. The Kier molecular flexibility index (Phi) is 7.94. The summed E-state index contributed by atoms with van der Waals surface area (Å²) in [6.07, 6.45) is 6.19. The lowest BCUT2D eigenvalue weighted by molar-refractivity contribution is -0.671. The first-order valence-electron chi connectivity index (χ1n) is 8.44. The van der Waals surface area contributed by atoms with Gasteiger partial charge in [0.2, 0.25) is 11.5 Å². The Morgan fingerprint density at radius 1 is 1.33 bits per heavy atom. The molecule has 0 unspecified atom stereocenters. The molecule has 0 aliphatic rings. The molecule has 2 heterocycles. The number of anilines is 1. The first-order chi connectivity index (χ1) is 12.5. The van der Waals surface area contributed by atoms with Crippen LogP contribution in [0.2, 0.25) is 5.02 Å². The number of thiazole rings is 1. The van der Waals surface area contributed by atoms with Crippen LogP contribution in [0.25, 0.3) is 0 Å². The molecule has 3 aromatic rings. The Morgan fingerprint density at radius 3 is 2.74 bits per heavy atom. The molecule has 3 rings (SSSR count). The number of hydrogen-bond donors (Lipinski definition) is 0. The quantitative estimate of drug-likeness (QED) is 0.390. The molecule has 1 aromatic carbocycles. The molecule has 6 nitrogen and oxygen atoms in total. The number of aryl methyl sites for hydroxylation is 2. The molecule has 0 bridgehead atoms. The van der Waals surface area contributed by atoms with Crippen molar-refractivity contribution in [1.29, 1.82) is 0 Å². The van der Waals surface area contributed by atoms with Gasteiger partial charge < -0.3 is 21.9 Å². The fraction of sp³-hybridized carbons (Fsp3) is 0.333. The minimum atomic E-state index is 0. The number of halogens is 2. The molecule has 0 atom stereocenters. The summed E-state index contributed by atoms with van der Waals surface area (Å²) in [4.78, 5) is 6.56. The van der Waals surface area contributed by atoms with E-state index in [1.165, 1.54) is 11.3 Å². The second-order valence-electron chi connectivity index (χ2n) is 6.00. The molecule has 0 radical (unpaired) electrons. The molecule has 0 saturated carbocycles. The number of nitrogens with zero attached hydrogens (tertiary/aromatic N) is 6. The molecule has 0 amide bonds. The van der Waals surface area contributed by atoms with Crippen LogP contribution in [0.1, 0.15) is 12.6 Å². The van der Waals surface area contributed by atoms with Gasteiger partial charge in [-0.15, -0.1) is 21.6 Å². The molecule has 0 saturated heterocycles. The van der Waals surface area contributed by atoms with E-state index in [1.54, 1.807) is 0 Å². The van der Waals surface area contributed by atoms with Crippen LogP contribution < -0.4 is 26.4 Å². The van der Waals surface area contributed by atoms with Gasteiger partial charge >= 0.3 is 0 Å². The van der Waals surface area contributed by atoms with E-state index in [9.17, 15) is 0 Å². The van der Waals surface area contributed by atoms with Crippen molar-refractivity contribution < 1.29 is 21.5 Å². The van der Waals surface area contributed by atoms with Gasteiger partial charge in [0.05, 0.1) is 24.3 Å². The standard InChI is InChI=1S/C18H22ClN6S.BrH/c1-4-25(10-9-24-8-7-23(3)13-24)15-5-6-17(16(19)11-15)21-22-18-20-14(2)12-26-18;/h5-8,11-13H,4,9-10H2,1-3H3;1H/q+1;/p-1. The Labute approximate surface area is 178 Å². The van der Waals surface area contributed by atoms with E-state index in [0.29, 0.717) is 15.8 Å². The van der Waals surface area contributed by atoms with Crippen LogP contribution in [0.4, 0.5) is 16.5 Å². The minimum absolute atomic E-state index is 0. The SMILES string of the molecule is CCN(CCn1cc[n+](C)c1)c1ccc(N=Nc2nc(C)cs2)c(Cl)c1.[Br-]. The maximum atomic E-state index is 6.42. The first-order valence-corrected chi connectivity index (χ1v) is 9.70. The second kappa shape index (κ2) is 9.96. The van der Waals surface area contributed by atoms with Crippen LogP contribution in [-0.2, 0) is 13.6 Å². The lowest BCUT2D eigenvalue weighted by atomic mass is 10.2. The number of azo groups is 1. The Hall–Kier alpha value is -1.77. The average Bonchev–Trinajstić information content (AvgIpc) is 3.23. The molecule has 2 aromatic heterocycles. The third kappa shape index (κ3) is 5.85. The molecule has 144 valence electrons. The summed E-state index contributed by atoms with van der Waals surface area (Å²) in [7, 11) is 2.02. The van der Waals surface area contributed by atoms with E-state index in [-0.39, 0.29) is 17.0 Å². The number of rotatable bonds is 7. The topological polar surface area (TPSA) is 49.7 Å². The van der Waals surface area contributed by atoms with Crippen molar-refractivity contribution in [2.24, 2.45) is 17.3 Å². The van der Waals surface area contributed by atoms with Gasteiger partial charge in [-0.05, 0) is 32.0 Å². The van der Waals surface area contributed by atoms with Crippen LogP contribution >= 0.6 is 22.9 Å². The monoisotopic (exact) mass is 468 g/mol. The summed E-state index contributed by atoms with van der Waals surface area (Å²) >= 11 is 7.88. The third-order valence-electron chi connectivity index (χ3n) is 3.98. The smallest absolute Gasteiger partial charge is 0.243 e. The van der Waals surface area contributed by atoms with Crippen molar-refractivity contribution >= 4 is 39.4 Å². The van der Waals surface area contributed by atoms with Crippen LogP contribution in [-0.4, -0.2) is 22.6 Å². The molecular formula is C18H22BrClN6S. The largest absolute Gasteiger partial charge is 1.00 e. The van der Waals surface area contributed by atoms with Crippen molar-refractivity contribution in [3.8, 4) is 0 Å².